The van der Waals surface area contributed by atoms with Crippen LogP contribution in [0.3, 0.4) is 0 Å². The van der Waals surface area contributed by atoms with Gasteiger partial charge in [0.05, 0.1) is 26.4 Å². The van der Waals surface area contributed by atoms with Gasteiger partial charge < -0.3 is 29.4 Å². The second kappa shape index (κ2) is 11.1. The number of fused-ring (bicyclic) bond motifs is 1. The van der Waals surface area contributed by atoms with Crippen molar-refractivity contribution in [2.75, 3.05) is 52.5 Å². The Morgan fingerprint density at radius 3 is 2.55 bits per heavy atom. The highest BCUT2D eigenvalue weighted by Crippen LogP contribution is 2.40. The summed E-state index contributed by atoms with van der Waals surface area (Å²) in [6, 6.07) is -0.835. The predicted molar refractivity (Wildman–Crippen MR) is 99.8 cm³/mol. The molecule has 2 atom stereocenters. The number of ether oxygens (including phenoxy) is 4. The van der Waals surface area contributed by atoms with E-state index >= 15 is 0 Å². The van der Waals surface area contributed by atoms with Crippen LogP contribution in [0.1, 0.15) is 6.92 Å². The zero-order chi connectivity index (χ0) is 21.4. The lowest BCUT2D eigenvalue weighted by Gasteiger charge is -2.49. The van der Waals surface area contributed by atoms with Crippen LogP contribution >= 0.6 is 11.8 Å². The van der Waals surface area contributed by atoms with E-state index in [1.807, 2.05) is 0 Å². The van der Waals surface area contributed by atoms with Gasteiger partial charge in [0.2, 0.25) is 5.91 Å². The molecule has 0 radical (unpaired) electrons. The van der Waals surface area contributed by atoms with E-state index in [4.69, 9.17) is 18.9 Å². The topological polar surface area (TPSA) is 141 Å². The first kappa shape index (κ1) is 23.1. The first-order valence-electron chi connectivity index (χ1n) is 8.84. The molecular formula is C17H24N2O9S. The number of thioether (sulfide) groups is 1. The molecule has 1 fully saturated rings. The van der Waals surface area contributed by atoms with E-state index in [2.05, 4.69) is 5.32 Å². The van der Waals surface area contributed by atoms with Crippen molar-refractivity contribution in [3.63, 3.8) is 0 Å². The van der Waals surface area contributed by atoms with Crippen molar-refractivity contribution in [3.05, 3.63) is 11.3 Å². The van der Waals surface area contributed by atoms with Crippen LogP contribution in [0.4, 0.5) is 0 Å². The number of hydrogen-bond acceptors (Lipinski definition) is 9. The summed E-state index contributed by atoms with van der Waals surface area (Å²) in [5.41, 5.74) is 0.138. The predicted octanol–water partition coefficient (Wildman–Crippen LogP) is -1.03. The van der Waals surface area contributed by atoms with Crippen molar-refractivity contribution in [3.8, 4) is 0 Å². The summed E-state index contributed by atoms with van der Waals surface area (Å²) in [7, 11) is 1.56. The number of aliphatic carboxylic acids is 1. The van der Waals surface area contributed by atoms with Crippen molar-refractivity contribution >= 4 is 35.5 Å². The van der Waals surface area contributed by atoms with Gasteiger partial charge >= 0.3 is 11.9 Å². The molecule has 2 heterocycles. The van der Waals surface area contributed by atoms with Crippen molar-refractivity contribution in [2.45, 2.75) is 18.3 Å². The molecule has 0 bridgehead atoms. The number of rotatable bonds is 12. The normalized spacial score (nSPS) is 20.8. The standard InChI is InChI=1S/C17H24N2O9S/c1-10(20)28-7-11-9-29-16-13(15(22)19(16)14(11)17(23)24)18-12(21)8-27-6-5-26-4-3-25-2/h13,16H,3-9H2,1-2H3,(H,18,21)(H,23,24)/t13-,16?/m1/s1. The maximum atomic E-state index is 12.4. The number of nitrogens with one attached hydrogen (secondary N) is 1. The van der Waals surface area contributed by atoms with Gasteiger partial charge in [-0.05, 0) is 0 Å². The highest BCUT2D eigenvalue weighted by molar-refractivity contribution is 8.00. The molecule has 12 heteroatoms. The third-order valence-electron chi connectivity index (χ3n) is 4.05. The van der Waals surface area contributed by atoms with Crippen LogP contribution in [-0.2, 0) is 38.1 Å². The minimum atomic E-state index is -1.28. The summed E-state index contributed by atoms with van der Waals surface area (Å²) in [5, 5.41) is 11.5. The molecule has 0 aromatic carbocycles. The van der Waals surface area contributed by atoms with Crippen LogP contribution in [-0.4, -0.2) is 97.7 Å². The smallest absolute Gasteiger partial charge is 0.352 e. The monoisotopic (exact) mass is 432 g/mol. The maximum absolute atomic E-state index is 12.4. The van der Waals surface area contributed by atoms with Gasteiger partial charge in [0.15, 0.2) is 0 Å². The first-order chi connectivity index (χ1) is 13.9. The Labute approximate surface area is 171 Å². The minimum absolute atomic E-state index is 0.197. The van der Waals surface area contributed by atoms with Gasteiger partial charge in [0.25, 0.3) is 5.91 Å². The van der Waals surface area contributed by atoms with E-state index in [0.717, 1.165) is 4.90 Å². The zero-order valence-electron chi connectivity index (χ0n) is 16.2. The lowest BCUT2D eigenvalue weighted by atomic mass is 10.0. The Bertz CT molecular complexity index is 682. The number of carboxylic acids is 1. The van der Waals surface area contributed by atoms with Crippen molar-refractivity contribution < 1.29 is 43.2 Å². The lowest BCUT2D eigenvalue weighted by Crippen LogP contribution is -2.70. The van der Waals surface area contributed by atoms with E-state index in [1.54, 1.807) is 7.11 Å². The van der Waals surface area contributed by atoms with Gasteiger partial charge in [-0.2, -0.15) is 0 Å². The molecule has 0 aliphatic carbocycles. The number of carbonyl (C=O) groups excluding carboxylic acids is 3. The molecule has 29 heavy (non-hydrogen) atoms. The van der Waals surface area contributed by atoms with E-state index in [9.17, 15) is 24.3 Å². The van der Waals surface area contributed by atoms with Crippen LogP contribution in [0.2, 0.25) is 0 Å². The van der Waals surface area contributed by atoms with Gasteiger partial charge in [-0.1, -0.05) is 0 Å². The molecule has 2 aliphatic rings. The third-order valence-corrected chi connectivity index (χ3v) is 5.39. The fourth-order valence-electron chi connectivity index (χ4n) is 2.73. The molecule has 0 aromatic rings. The number of amides is 2. The molecule has 2 aliphatic heterocycles. The number of carboxylic acid groups (broad SMARTS) is 1. The Kier molecular flexibility index (Phi) is 8.89. The second-order valence-corrected chi connectivity index (χ2v) is 7.26. The molecule has 2 amide bonds. The third kappa shape index (κ3) is 6.16. The molecule has 162 valence electrons. The summed E-state index contributed by atoms with van der Waals surface area (Å²) < 4.78 is 20.1. The van der Waals surface area contributed by atoms with Crippen LogP contribution in [0.5, 0.6) is 0 Å². The number of β-lactam (4-membered cyclic amide) rings is 1. The van der Waals surface area contributed by atoms with E-state index in [1.165, 1.54) is 18.7 Å². The highest BCUT2D eigenvalue weighted by Gasteiger charge is 2.54. The first-order valence-corrected chi connectivity index (χ1v) is 9.88. The van der Waals surface area contributed by atoms with Crippen LogP contribution in [0, 0.1) is 0 Å². The molecule has 0 saturated carbocycles. The molecule has 0 spiro atoms. The van der Waals surface area contributed by atoms with Gasteiger partial charge in [-0.25, -0.2) is 4.79 Å². The summed E-state index contributed by atoms with van der Waals surface area (Å²) in [5.74, 6) is -2.57. The van der Waals surface area contributed by atoms with E-state index in [-0.39, 0.29) is 31.3 Å². The van der Waals surface area contributed by atoms with Crippen molar-refractivity contribution in [1.29, 1.82) is 0 Å². The zero-order valence-corrected chi connectivity index (χ0v) is 17.0. The fraction of sp³-hybridized carbons (Fsp3) is 0.647. The van der Waals surface area contributed by atoms with E-state index in [0.29, 0.717) is 25.4 Å². The summed E-state index contributed by atoms with van der Waals surface area (Å²) in [6.45, 7) is 2.19. The van der Waals surface area contributed by atoms with Gasteiger partial charge in [0.1, 0.15) is 30.3 Å². The number of esters is 1. The summed E-state index contributed by atoms with van der Waals surface area (Å²) in [4.78, 5) is 48.1. The lowest BCUT2D eigenvalue weighted by molar-refractivity contribution is -0.151. The SMILES string of the molecule is COCCOCCOCC(=O)N[C@@H]1C(=O)N2C(C(=O)O)=C(COC(C)=O)CSC12. The Balaban J connectivity index is 1.83. The number of carbonyl (C=O) groups is 4. The number of nitrogens with zero attached hydrogens (tertiary/aromatic N) is 1. The summed E-state index contributed by atoms with van der Waals surface area (Å²) >= 11 is 1.29. The number of hydrogen-bond donors (Lipinski definition) is 2. The molecule has 0 aromatic heterocycles. The van der Waals surface area contributed by atoms with Gasteiger partial charge in [-0.3, -0.25) is 19.3 Å². The van der Waals surface area contributed by atoms with Gasteiger partial charge in [-0.15, -0.1) is 11.8 Å². The van der Waals surface area contributed by atoms with Crippen LogP contribution in [0.25, 0.3) is 0 Å². The average Bonchev–Trinajstić information content (AvgIpc) is 2.68. The Hall–Kier alpha value is -2.15. The van der Waals surface area contributed by atoms with Crippen molar-refractivity contribution in [1.82, 2.24) is 10.2 Å². The molecule has 1 saturated heterocycles. The fourth-order valence-corrected chi connectivity index (χ4v) is 4.05. The second-order valence-electron chi connectivity index (χ2n) is 6.15. The number of methoxy groups -OCH3 is 1. The highest BCUT2D eigenvalue weighted by atomic mass is 32.2. The van der Waals surface area contributed by atoms with Crippen LogP contribution < -0.4 is 5.32 Å². The molecule has 1 unspecified atom stereocenters. The molecule has 2 rings (SSSR count). The summed E-state index contributed by atoms with van der Waals surface area (Å²) in [6.07, 6.45) is 0. The van der Waals surface area contributed by atoms with E-state index < -0.39 is 35.2 Å². The molecule has 2 N–H and O–H groups in total. The van der Waals surface area contributed by atoms with Gasteiger partial charge in [0, 0.05) is 25.4 Å². The molecule has 11 nitrogen and oxygen atoms in total. The van der Waals surface area contributed by atoms with Crippen LogP contribution in [0.15, 0.2) is 11.3 Å². The largest absolute Gasteiger partial charge is 0.477 e. The Morgan fingerprint density at radius 2 is 1.90 bits per heavy atom. The molecular weight excluding hydrogens is 408 g/mol. The maximum Gasteiger partial charge on any atom is 0.352 e. The Morgan fingerprint density at radius 1 is 1.21 bits per heavy atom. The average molecular weight is 432 g/mol. The quantitative estimate of drug-likeness (QED) is 0.223. The minimum Gasteiger partial charge on any atom is -0.477 e. The van der Waals surface area contributed by atoms with Crippen molar-refractivity contribution in [2.24, 2.45) is 0 Å².